The number of nitrogens with two attached hydrogens (primary N) is 2. The highest BCUT2D eigenvalue weighted by atomic mass is 16.1. The molecule has 0 aliphatic rings. The highest BCUT2D eigenvalue weighted by molar-refractivity contribution is 6.21. The Morgan fingerprint density at radius 2 is 2.08 bits per heavy atom. The zero-order valence-corrected chi connectivity index (χ0v) is 7.59. The van der Waals surface area contributed by atoms with Crippen molar-refractivity contribution in [1.82, 2.24) is 5.32 Å². The Morgan fingerprint density at radius 1 is 1.54 bits per heavy atom. The van der Waals surface area contributed by atoms with Crippen molar-refractivity contribution in [3.63, 3.8) is 0 Å². The van der Waals surface area contributed by atoms with E-state index in [0.29, 0.717) is 0 Å². The van der Waals surface area contributed by atoms with Gasteiger partial charge in [0.25, 0.3) is 5.91 Å². The van der Waals surface area contributed by atoms with Crippen LogP contribution in [-0.4, -0.2) is 25.8 Å². The molecule has 0 rings (SSSR count). The Kier molecular flexibility index (Phi) is 4.10. The van der Waals surface area contributed by atoms with Gasteiger partial charge in [0, 0.05) is 14.1 Å². The van der Waals surface area contributed by atoms with Crippen LogP contribution in [-0.2, 0) is 4.79 Å². The van der Waals surface area contributed by atoms with Gasteiger partial charge in [0.05, 0.1) is 5.70 Å². The van der Waals surface area contributed by atoms with E-state index in [2.05, 4.69) is 16.2 Å². The molecular formula is C8H12N4O. The number of hydrogen-bond donors (Lipinski definition) is 3. The fraction of sp³-hybridized carbons (Fsp3) is 0.250. The van der Waals surface area contributed by atoms with Gasteiger partial charge in [-0.15, -0.1) is 6.42 Å². The molecule has 0 aromatic heterocycles. The highest BCUT2D eigenvalue weighted by Gasteiger charge is 2.14. The number of amidine groups is 1. The van der Waals surface area contributed by atoms with Crippen molar-refractivity contribution in [2.75, 3.05) is 14.1 Å². The van der Waals surface area contributed by atoms with Crippen LogP contribution >= 0.6 is 0 Å². The number of rotatable bonds is 2. The number of nitrogens with zero attached hydrogens (tertiary/aromatic N) is 1. The highest BCUT2D eigenvalue weighted by Crippen LogP contribution is 1.98. The number of likely N-dealkylation sites (N-methyl/N-ethyl adjacent to an activating group) is 1. The number of hydrogen-bond acceptors (Lipinski definition) is 3. The fourth-order valence-corrected chi connectivity index (χ4v) is 0.798. The van der Waals surface area contributed by atoms with Crippen LogP contribution in [0, 0.1) is 12.3 Å². The molecule has 0 unspecified atom stereocenters. The molecule has 0 saturated carbocycles. The van der Waals surface area contributed by atoms with Crippen LogP contribution < -0.4 is 16.8 Å². The quantitative estimate of drug-likeness (QED) is 0.210. The summed E-state index contributed by atoms with van der Waals surface area (Å²) in [5, 5.41) is 2.66. The van der Waals surface area contributed by atoms with Crippen LogP contribution in [0.25, 0.3) is 0 Å². The Balaban J connectivity index is 5.32. The summed E-state index contributed by atoms with van der Waals surface area (Å²) in [5.74, 6) is 1.71. The standard InChI is InChI=1S/C8H12N4O/c1-4-5(9)6(7(10)13)8(11-2)12-3/h1H,9H2,2-3H3,(H2,10,13)(H,11,12)/b6-5-. The van der Waals surface area contributed by atoms with E-state index >= 15 is 0 Å². The molecule has 0 aromatic carbocycles. The van der Waals surface area contributed by atoms with Crippen LogP contribution in [0.2, 0.25) is 0 Å². The number of aliphatic imine (C=N–C) groups is 1. The van der Waals surface area contributed by atoms with Crippen LogP contribution in [0.1, 0.15) is 0 Å². The summed E-state index contributed by atoms with van der Waals surface area (Å²) in [6.07, 6.45) is 5.03. The molecule has 0 bridgehead atoms. The summed E-state index contributed by atoms with van der Waals surface area (Å²) in [4.78, 5) is 14.7. The van der Waals surface area contributed by atoms with Crippen LogP contribution in [0.3, 0.4) is 0 Å². The number of carbonyl (C=O) groups is 1. The summed E-state index contributed by atoms with van der Waals surface area (Å²) in [5.41, 5.74) is 10.5. The Bertz CT molecular complexity index is 309. The van der Waals surface area contributed by atoms with Gasteiger partial charge >= 0.3 is 0 Å². The van der Waals surface area contributed by atoms with Crippen molar-refractivity contribution in [2.45, 2.75) is 0 Å². The molecule has 70 valence electrons. The lowest BCUT2D eigenvalue weighted by molar-refractivity contribution is -0.114. The first-order valence-corrected chi connectivity index (χ1v) is 3.49. The molecule has 0 heterocycles. The van der Waals surface area contributed by atoms with E-state index in [1.54, 1.807) is 7.05 Å². The predicted molar refractivity (Wildman–Crippen MR) is 51.7 cm³/mol. The van der Waals surface area contributed by atoms with E-state index in [-0.39, 0.29) is 17.1 Å². The molecule has 0 aromatic rings. The topological polar surface area (TPSA) is 93.5 Å². The molecule has 0 spiro atoms. The van der Waals surface area contributed by atoms with E-state index in [1.165, 1.54) is 7.05 Å². The molecule has 5 heteroatoms. The molecule has 0 saturated heterocycles. The second-order valence-corrected chi connectivity index (χ2v) is 2.12. The first-order chi connectivity index (χ1) is 6.08. The molecule has 0 atom stereocenters. The third-order valence-corrected chi connectivity index (χ3v) is 1.37. The molecule has 0 aliphatic heterocycles. The second-order valence-electron chi connectivity index (χ2n) is 2.12. The third kappa shape index (κ3) is 2.52. The summed E-state index contributed by atoms with van der Waals surface area (Å²) < 4.78 is 0. The predicted octanol–water partition coefficient (Wildman–Crippen LogP) is -1.43. The minimum absolute atomic E-state index is 0.0255. The average molecular weight is 180 g/mol. The van der Waals surface area contributed by atoms with Crippen molar-refractivity contribution < 1.29 is 4.79 Å². The molecule has 0 fully saturated rings. The molecule has 5 N–H and O–H groups in total. The Morgan fingerprint density at radius 3 is 2.31 bits per heavy atom. The van der Waals surface area contributed by atoms with Gasteiger partial charge in [-0.2, -0.15) is 0 Å². The lowest BCUT2D eigenvalue weighted by atomic mass is 10.1. The van der Waals surface area contributed by atoms with Gasteiger partial charge in [-0.3, -0.25) is 9.79 Å². The summed E-state index contributed by atoms with van der Waals surface area (Å²) in [6.45, 7) is 0. The summed E-state index contributed by atoms with van der Waals surface area (Å²) in [7, 11) is 3.09. The number of nitrogens with one attached hydrogen (secondary N) is 1. The maximum atomic E-state index is 10.9. The van der Waals surface area contributed by atoms with Crippen molar-refractivity contribution >= 4 is 11.7 Å². The van der Waals surface area contributed by atoms with Crippen molar-refractivity contribution in [3.8, 4) is 12.3 Å². The monoisotopic (exact) mass is 180 g/mol. The van der Waals surface area contributed by atoms with Gasteiger partial charge in [0.2, 0.25) is 0 Å². The molecule has 13 heavy (non-hydrogen) atoms. The zero-order valence-electron chi connectivity index (χ0n) is 7.59. The van der Waals surface area contributed by atoms with Gasteiger partial charge < -0.3 is 16.8 Å². The van der Waals surface area contributed by atoms with Crippen LogP contribution in [0.4, 0.5) is 0 Å². The van der Waals surface area contributed by atoms with Crippen LogP contribution in [0.5, 0.6) is 0 Å². The van der Waals surface area contributed by atoms with Crippen LogP contribution in [0.15, 0.2) is 16.3 Å². The van der Waals surface area contributed by atoms with Gasteiger partial charge in [-0.1, -0.05) is 5.92 Å². The van der Waals surface area contributed by atoms with E-state index in [4.69, 9.17) is 17.9 Å². The van der Waals surface area contributed by atoms with Gasteiger partial charge in [-0.05, 0) is 0 Å². The van der Waals surface area contributed by atoms with Crippen molar-refractivity contribution in [2.24, 2.45) is 16.5 Å². The fourth-order valence-electron chi connectivity index (χ4n) is 0.798. The SMILES string of the molecule is C#C/C(N)=C(\C(N)=O)C(=NC)NC. The molecule has 0 aliphatic carbocycles. The normalized spacial score (nSPS) is 12.8. The van der Waals surface area contributed by atoms with Crippen molar-refractivity contribution in [3.05, 3.63) is 11.3 Å². The molecule has 5 nitrogen and oxygen atoms in total. The number of amides is 1. The minimum Gasteiger partial charge on any atom is -0.391 e. The third-order valence-electron chi connectivity index (χ3n) is 1.37. The maximum Gasteiger partial charge on any atom is 0.255 e. The van der Waals surface area contributed by atoms with Gasteiger partial charge in [-0.25, -0.2) is 0 Å². The van der Waals surface area contributed by atoms with Crippen molar-refractivity contribution in [1.29, 1.82) is 0 Å². The van der Waals surface area contributed by atoms with E-state index in [1.807, 2.05) is 0 Å². The average Bonchev–Trinajstić information content (AvgIpc) is 2.12. The lowest BCUT2D eigenvalue weighted by Gasteiger charge is -2.06. The Hall–Kier alpha value is -1.96. The zero-order chi connectivity index (χ0) is 10.4. The summed E-state index contributed by atoms with van der Waals surface area (Å²) >= 11 is 0. The summed E-state index contributed by atoms with van der Waals surface area (Å²) in [6, 6.07) is 0. The number of allylic oxidation sites excluding steroid dienone is 1. The maximum absolute atomic E-state index is 10.9. The minimum atomic E-state index is -0.703. The molecule has 0 radical (unpaired) electrons. The van der Waals surface area contributed by atoms with Gasteiger partial charge in [0.15, 0.2) is 0 Å². The number of carbonyl (C=O) groups excluding carboxylic acids is 1. The second kappa shape index (κ2) is 4.83. The number of terminal acetylenes is 1. The van der Waals surface area contributed by atoms with E-state index in [0.717, 1.165) is 0 Å². The van der Waals surface area contributed by atoms with Gasteiger partial charge in [0.1, 0.15) is 11.4 Å². The number of primary amides is 1. The molecular weight excluding hydrogens is 168 g/mol. The first kappa shape index (κ1) is 11.0. The van der Waals surface area contributed by atoms with E-state index < -0.39 is 5.91 Å². The Labute approximate surface area is 76.9 Å². The first-order valence-electron chi connectivity index (χ1n) is 3.49. The molecule has 1 amide bonds. The smallest absolute Gasteiger partial charge is 0.255 e. The van der Waals surface area contributed by atoms with E-state index in [9.17, 15) is 4.79 Å². The largest absolute Gasteiger partial charge is 0.391 e. The lowest BCUT2D eigenvalue weighted by Crippen LogP contribution is -2.31.